The van der Waals surface area contributed by atoms with Crippen molar-refractivity contribution < 1.29 is 4.74 Å². The number of ether oxygens (including phenoxy) is 1. The molecule has 1 aromatic carbocycles. The average molecular weight is 275 g/mol. The number of rotatable bonds is 4. The van der Waals surface area contributed by atoms with Crippen molar-refractivity contribution in [3.63, 3.8) is 0 Å². The molecular weight excluding hydrogens is 246 g/mol. The minimum Gasteiger partial charge on any atom is -0.490 e. The molecule has 1 saturated carbocycles. The Morgan fingerprint density at radius 1 is 1.15 bits per heavy atom. The van der Waals surface area contributed by atoms with E-state index in [2.05, 4.69) is 57.3 Å². The van der Waals surface area contributed by atoms with Crippen LogP contribution in [-0.2, 0) is 6.54 Å². The molecule has 2 nitrogen and oxygen atoms in total. The quantitative estimate of drug-likeness (QED) is 0.871. The molecule has 20 heavy (non-hydrogen) atoms. The van der Waals surface area contributed by atoms with E-state index in [9.17, 15) is 0 Å². The third-order valence-electron chi connectivity index (χ3n) is 3.99. The number of hydrogen-bond acceptors (Lipinski definition) is 2. The molecule has 0 atom stereocenters. The highest BCUT2D eigenvalue weighted by atomic mass is 16.5. The van der Waals surface area contributed by atoms with Gasteiger partial charge in [-0.25, -0.2) is 0 Å². The predicted molar refractivity (Wildman–Crippen MR) is 85.1 cm³/mol. The van der Waals surface area contributed by atoms with Gasteiger partial charge in [0.05, 0.1) is 6.10 Å². The van der Waals surface area contributed by atoms with Crippen LogP contribution in [-0.4, -0.2) is 11.6 Å². The van der Waals surface area contributed by atoms with Gasteiger partial charge in [0.25, 0.3) is 0 Å². The number of nitrogens with one attached hydrogen (secondary N) is 1. The van der Waals surface area contributed by atoms with Crippen molar-refractivity contribution in [1.29, 1.82) is 0 Å². The van der Waals surface area contributed by atoms with Crippen LogP contribution < -0.4 is 10.1 Å². The first-order chi connectivity index (χ1) is 9.42. The zero-order chi connectivity index (χ0) is 14.6. The average Bonchev–Trinajstić information content (AvgIpc) is 2.39. The monoisotopic (exact) mass is 275 g/mol. The molecule has 0 amide bonds. The van der Waals surface area contributed by atoms with E-state index in [4.69, 9.17) is 4.74 Å². The number of hydrogen-bond donors (Lipinski definition) is 1. The van der Waals surface area contributed by atoms with Crippen molar-refractivity contribution in [2.24, 2.45) is 5.92 Å². The Bertz CT molecular complexity index is 414. The molecule has 0 spiro atoms. The maximum Gasteiger partial charge on any atom is 0.120 e. The maximum absolute atomic E-state index is 6.15. The Hall–Kier alpha value is -1.02. The summed E-state index contributed by atoms with van der Waals surface area (Å²) in [4.78, 5) is 0. The fourth-order valence-corrected chi connectivity index (χ4v) is 2.64. The highest BCUT2D eigenvalue weighted by Crippen LogP contribution is 2.27. The highest BCUT2D eigenvalue weighted by molar-refractivity contribution is 5.28. The SMILES string of the molecule is CC1CCC(Oc2cccc(CNC(C)(C)C)c2)CC1. The maximum atomic E-state index is 6.15. The summed E-state index contributed by atoms with van der Waals surface area (Å²) in [6, 6.07) is 8.52. The van der Waals surface area contributed by atoms with Crippen molar-refractivity contribution >= 4 is 0 Å². The summed E-state index contributed by atoms with van der Waals surface area (Å²) >= 11 is 0. The van der Waals surface area contributed by atoms with E-state index in [-0.39, 0.29) is 5.54 Å². The van der Waals surface area contributed by atoms with Gasteiger partial charge < -0.3 is 10.1 Å². The van der Waals surface area contributed by atoms with Crippen LogP contribution in [0, 0.1) is 5.92 Å². The van der Waals surface area contributed by atoms with E-state index in [0.717, 1.165) is 18.2 Å². The van der Waals surface area contributed by atoms with Gasteiger partial charge in [0.1, 0.15) is 5.75 Å². The predicted octanol–water partition coefficient (Wildman–Crippen LogP) is 4.53. The van der Waals surface area contributed by atoms with Gasteiger partial charge in [-0.1, -0.05) is 19.1 Å². The van der Waals surface area contributed by atoms with Crippen molar-refractivity contribution in [3.8, 4) is 5.75 Å². The Morgan fingerprint density at radius 3 is 2.50 bits per heavy atom. The minimum absolute atomic E-state index is 0.149. The second-order valence-corrected chi connectivity index (χ2v) is 7.25. The largest absolute Gasteiger partial charge is 0.490 e. The summed E-state index contributed by atoms with van der Waals surface area (Å²) in [7, 11) is 0. The Labute approximate surface area is 123 Å². The van der Waals surface area contributed by atoms with E-state index in [1.807, 2.05) is 0 Å². The fraction of sp³-hybridized carbons (Fsp3) is 0.667. The Morgan fingerprint density at radius 2 is 1.85 bits per heavy atom. The van der Waals surface area contributed by atoms with Gasteiger partial charge in [0.15, 0.2) is 0 Å². The van der Waals surface area contributed by atoms with Crippen molar-refractivity contribution in [2.45, 2.75) is 71.6 Å². The second-order valence-electron chi connectivity index (χ2n) is 7.25. The first kappa shape index (κ1) is 15.4. The molecule has 1 aliphatic rings. The lowest BCUT2D eigenvalue weighted by Gasteiger charge is -2.27. The summed E-state index contributed by atoms with van der Waals surface area (Å²) in [6.07, 6.45) is 5.42. The smallest absolute Gasteiger partial charge is 0.120 e. The first-order valence-corrected chi connectivity index (χ1v) is 7.93. The van der Waals surface area contributed by atoms with Crippen LogP contribution >= 0.6 is 0 Å². The van der Waals surface area contributed by atoms with E-state index < -0.39 is 0 Å². The lowest BCUT2D eigenvalue weighted by atomic mass is 9.89. The van der Waals surface area contributed by atoms with Gasteiger partial charge in [-0.15, -0.1) is 0 Å². The standard InChI is InChI=1S/C18H29NO/c1-14-8-10-16(11-9-14)20-17-7-5-6-15(12-17)13-19-18(2,3)4/h5-7,12,14,16,19H,8-11,13H2,1-4H3. The fourth-order valence-electron chi connectivity index (χ4n) is 2.64. The van der Waals surface area contributed by atoms with Crippen molar-refractivity contribution in [3.05, 3.63) is 29.8 Å². The molecule has 1 fully saturated rings. The van der Waals surface area contributed by atoms with E-state index in [1.54, 1.807) is 0 Å². The van der Waals surface area contributed by atoms with Crippen LogP contribution in [0.2, 0.25) is 0 Å². The number of benzene rings is 1. The van der Waals surface area contributed by atoms with E-state index in [1.165, 1.54) is 31.2 Å². The van der Waals surface area contributed by atoms with E-state index >= 15 is 0 Å². The van der Waals surface area contributed by atoms with Crippen LogP contribution in [0.4, 0.5) is 0 Å². The lowest BCUT2D eigenvalue weighted by molar-refractivity contribution is 0.135. The molecule has 0 unspecified atom stereocenters. The summed E-state index contributed by atoms with van der Waals surface area (Å²) in [6.45, 7) is 9.81. The molecule has 112 valence electrons. The molecule has 2 rings (SSSR count). The zero-order valence-corrected chi connectivity index (χ0v) is 13.4. The van der Waals surface area contributed by atoms with Gasteiger partial charge in [-0.05, 0) is 70.1 Å². The normalized spacial score (nSPS) is 23.6. The molecule has 1 aliphatic carbocycles. The molecule has 0 bridgehead atoms. The third-order valence-corrected chi connectivity index (χ3v) is 3.99. The molecule has 0 heterocycles. The molecule has 0 saturated heterocycles. The summed E-state index contributed by atoms with van der Waals surface area (Å²) in [5.41, 5.74) is 1.44. The van der Waals surface area contributed by atoms with Crippen LogP contribution in [0.3, 0.4) is 0 Å². The van der Waals surface area contributed by atoms with Crippen LogP contribution in [0.5, 0.6) is 5.75 Å². The van der Waals surface area contributed by atoms with Crippen molar-refractivity contribution in [1.82, 2.24) is 5.32 Å². The molecule has 0 aromatic heterocycles. The Kier molecular flexibility index (Phi) is 5.09. The lowest BCUT2D eigenvalue weighted by Crippen LogP contribution is -2.35. The second kappa shape index (κ2) is 6.62. The summed E-state index contributed by atoms with van der Waals surface area (Å²) in [5, 5.41) is 3.52. The van der Waals surface area contributed by atoms with Crippen LogP contribution in [0.15, 0.2) is 24.3 Å². The summed E-state index contributed by atoms with van der Waals surface area (Å²) < 4.78 is 6.15. The molecule has 1 N–H and O–H groups in total. The topological polar surface area (TPSA) is 21.3 Å². The van der Waals surface area contributed by atoms with Gasteiger partial charge in [0, 0.05) is 12.1 Å². The van der Waals surface area contributed by atoms with Gasteiger partial charge >= 0.3 is 0 Å². The molecule has 0 radical (unpaired) electrons. The van der Waals surface area contributed by atoms with Crippen molar-refractivity contribution in [2.75, 3.05) is 0 Å². The first-order valence-electron chi connectivity index (χ1n) is 7.93. The van der Waals surface area contributed by atoms with Gasteiger partial charge in [-0.3, -0.25) is 0 Å². The minimum atomic E-state index is 0.149. The zero-order valence-electron chi connectivity index (χ0n) is 13.4. The molecular formula is C18H29NO. The Balaban J connectivity index is 1.89. The molecule has 1 aromatic rings. The van der Waals surface area contributed by atoms with Crippen LogP contribution in [0.25, 0.3) is 0 Å². The van der Waals surface area contributed by atoms with Crippen LogP contribution in [0.1, 0.15) is 58.9 Å². The third kappa shape index (κ3) is 5.16. The molecule has 2 heteroatoms. The van der Waals surface area contributed by atoms with Gasteiger partial charge in [-0.2, -0.15) is 0 Å². The van der Waals surface area contributed by atoms with E-state index in [0.29, 0.717) is 6.10 Å². The van der Waals surface area contributed by atoms with Gasteiger partial charge in [0.2, 0.25) is 0 Å². The molecule has 0 aliphatic heterocycles. The highest BCUT2D eigenvalue weighted by Gasteiger charge is 2.19. The summed E-state index contributed by atoms with van der Waals surface area (Å²) in [5.74, 6) is 1.90.